The van der Waals surface area contributed by atoms with Crippen LogP contribution in [0.3, 0.4) is 0 Å². The Morgan fingerprint density at radius 3 is 2.45 bits per heavy atom. The molecule has 118 valence electrons. The molecule has 0 N–H and O–H groups in total. The van der Waals surface area contributed by atoms with Gasteiger partial charge in [0.1, 0.15) is 6.10 Å². The van der Waals surface area contributed by atoms with Crippen molar-refractivity contribution in [3.05, 3.63) is 12.2 Å². The summed E-state index contributed by atoms with van der Waals surface area (Å²) in [4.78, 5) is 0. The third-order valence-corrected chi connectivity index (χ3v) is 4.19. The minimum absolute atomic E-state index is 0.454. The Morgan fingerprint density at radius 1 is 0.950 bits per heavy atom. The molecule has 1 nitrogen and oxygen atoms in total. The van der Waals surface area contributed by atoms with E-state index < -0.39 is 0 Å². The molecule has 1 heterocycles. The van der Waals surface area contributed by atoms with E-state index in [9.17, 15) is 0 Å². The summed E-state index contributed by atoms with van der Waals surface area (Å²) >= 11 is 0. The Balaban J connectivity index is 1.85. The van der Waals surface area contributed by atoms with Gasteiger partial charge in [-0.1, -0.05) is 84.3 Å². The van der Waals surface area contributed by atoms with Crippen LogP contribution in [-0.4, -0.2) is 12.2 Å². The van der Waals surface area contributed by atoms with Crippen LogP contribution in [0.5, 0.6) is 0 Å². The molecule has 1 fully saturated rings. The van der Waals surface area contributed by atoms with E-state index in [1.807, 2.05) is 0 Å². The van der Waals surface area contributed by atoms with E-state index in [4.69, 9.17) is 4.74 Å². The van der Waals surface area contributed by atoms with Gasteiger partial charge >= 0.3 is 0 Å². The molecule has 0 aromatic carbocycles. The fourth-order valence-electron chi connectivity index (χ4n) is 2.73. The number of hydrogen-bond donors (Lipinski definition) is 0. The first-order valence-electron chi connectivity index (χ1n) is 9.06. The van der Waals surface area contributed by atoms with E-state index in [1.54, 1.807) is 0 Å². The van der Waals surface area contributed by atoms with E-state index >= 15 is 0 Å². The van der Waals surface area contributed by atoms with Gasteiger partial charge in [-0.2, -0.15) is 0 Å². The lowest BCUT2D eigenvalue weighted by molar-refractivity contribution is 0.372. The van der Waals surface area contributed by atoms with Gasteiger partial charge in [0.2, 0.25) is 0 Å². The van der Waals surface area contributed by atoms with Crippen LogP contribution in [0.25, 0.3) is 0 Å². The van der Waals surface area contributed by atoms with Crippen molar-refractivity contribution in [1.82, 2.24) is 0 Å². The highest BCUT2D eigenvalue weighted by atomic mass is 16.6. The van der Waals surface area contributed by atoms with E-state index in [0.29, 0.717) is 12.2 Å². The van der Waals surface area contributed by atoms with Crippen molar-refractivity contribution >= 4 is 0 Å². The van der Waals surface area contributed by atoms with E-state index in [1.165, 1.54) is 70.6 Å². The van der Waals surface area contributed by atoms with Gasteiger partial charge in [0, 0.05) is 0 Å². The molecule has 0 spiro atoms. The average molecular weight is 280 g/mol. The summed E-state index contributed by atoms with van der Waals surface area (Å²) in [5.41, 5.74) is 0. The quantitative estimate of drug-likeness (QED) is 0.220. The highest BCUT2D eigenvalue weighted by molar-refractivity contribution is 5.02. The number of unbranched alkanes of at least 4 members (excludes halogenated alkanes) is 7. The van der Waals surface area contributed by atoms with Gasteiger partial charge in [0.05, 0.1) is 6.10 Å². The van der Waals surface area contributed by atoms with Crippen LogP contribution in [-0.2, 0) is 4.74 Å². The van der Waals surface area contributed by atoms with Crippen LogP contribution >= 0.6 is 0 Å². The summed E-state index contributed by atoms with van der Waals surface area (Å²) in [6, 6.07) is 0. The van der Waals surface area contributed by atoms with Crippen LogP contribution in [0, 0.1) is 5.92 Å². The lowest BCUT2D eigenvalue weighted by atomic mass is 10.0. The first kappa shape index (κ1) is 17.8. The normalized spacial score (nSPS) is 22.0. The molecule has 1 aliphatic heterocycles. The second-order valence-electron chi connectivity index (χ2n) is 6.80. The van der Waals surface area contributed by atoms with Gasteiger partial charge in [-0.15, -0.1) is 0 Å². The number of rotatable bonds is 13. The molecular weight excluding hydrogens is 244 g/mol. The van der Waals surface area contributed by atoms with Gasteiger partial charge in [-0.05, 0) is 25.2 Å². The van der Waals surface area contributed by atoms with Crippen molar-refractivity contribution in [2.45, 2.75) is 104 Å². The molecule has 2 atom stereocenters. The monoisotopic (exact) mass is 280 g/mol. The second-order valence-corrected chi connectivity index (χ2v) is 6.80. The van der Waals surface area contributed by atoms with Gasteiger partial charge < -0.3 is 4.74 Å². The van der Waals surface area contributed by atoms with Crippen LogP contribution in [0.15, 0.2) is 12.2 Å². The lowest BCUT2D eigenvalue weighted by Crippen LogP contribution is -1.91. The molecule has 0 amide bonds. The summed E-state index contributed by atoms with van der Waals surface area (Å²) < 4.78 is 5.70. The predicted molar refractivity (Wildman–Crippen MR) is 89.1 cm³/mol. The van der Waals surface area contributed by atoms with Crippen molar-refractivity contribution in [2.24, 2.45) is 5.92 Å². The zero-order chi connectivity index (χ0) is 14.6. The van der Waals surface area contributed by atoms with E-state index in [0.717, 1.165) is 5.92 Å². The van der Waals surface area contributed by atoms with Gasteiger partial charge in [0.15, 0.2) is 0 Å². The largest absolute Gasteiger partial charge is 0.365 e. The summed E-state index contributed by atoms with van der Waals surface area (Å²) in [5, 5.41) is 0. The smallest absolute Gasteiger partial charge is 0.102 e. The SMILES string of the molecule is CCCCCCCCC1OC1/C=C/CCCCC(C)C. The zero-order valence-corrected chi connectivity index (χ0v) is 14.1. The third-order valence-electron chi connectivity index (χ3n) is 4.19. The Hall–Kier alpha value is -0.300. The number of ether oxygens (including phenoxy) is 1. The van der Waals surface area contributed by atoms with Crippen LogP contribution in [0.2, 0.25) is 0 Å². The van der Waals surface area contributed by atoms with Crippen molar-refractivity contribution < 1.29 is 4.74 Å². The summed E-state index contributed by atoms with van der Waals surface area (Å²) in [6.45, 7) is 6.89. The standard InChI is InChI=1S/C19H36O/c1-4-5-6-7-8-12-15-18-19(20-18)16-13-10-9-11-14-17(2)3/h13,16-19H,4-12,14-15H2,1-3H3/b16-13+. The van der Waals surface area contributed by atoms with Crippen molar-refractivity contribution in [3.8, 4) is 0 Å². The number of epoxide rings is 1. The van der Waals surface area contributed by atoms with Crippen molar-refractivity contribution in [3.63, 3.8) is 0 Å². The Labute approximate surface area is 127 Å². The lowest BCUT2D eigenvalue weighted by Gasteiger charge is -2.01. The van der Waals surface area contributed by atoms with Crippen LogP contribution in [0.1, 0.15) is 91.4 Å². The van der Waals surface area contributed by atoms with E-state index in [2.05, 4.69) is 32.9 Å². The maximum atomic E-state index is 5.70. The molecule has 0 bridgehead atoms. The highest BCUT2D eigenvalue weighted by Crippen LogP contribution is 2.28. The first-order valence-corrected chi connectivity index (χ1v) is 9.06. The maximum absolute atomic E-state index is 5.70. The maximum Gasteiger partial charge on any atom is 0.102 e. The van der Waals surface area contributed by atoms with Crippen molar-refractivity contribution in [1.29, 1.82) is 0 Å². The minimum atomic E-state index is 0.454. The fourth-order valence-corrected chi connectivity index (χ4v) is 2.73. The molecular formula is C19H36O. The van der Waals surface area contributed by atoms with Crippen LogP contribution in [0.4, 0.5) is 0 Å². The molecule has 1 aliphatic rings. The molecule has 0 radical (unpaired) electrons. The number of hydrogen-bond acceptors (Lipinski definition) is 1. The Kier molecular flexibility index (Phi) is 10.1. The molecule has 0 saturated carbocycles. The zero-order valence-electron chi connectivity index (χ0n) is 14.1. The predicted octanol–water partition coefficient (Wildman–Crippen LogP) is 6.28. The number of allylic oxidation sites excluding steroid dienone is 1. The van der Waals surface area contributed by atoms with Crippen molar-refractivity contribution in [2.75, 3.05) is 0 Å². The average Bonchev–Trinajstić information content (AvgIpc) is 3.16. The Bertz CT molecular complexity index is 244. The van der Waals surface area contributed by atoms with Gasteiger partial charge in [-0.25, -0.2) is 0 Å². The summed E-state index contributed by atoms with van der Waals surface area (Å²) in [7, 11) is 0. The molecule has 1 rings (SSSR count). The first-order chi connectivity index (χ1) is 9.74. The molecule has 20 heavy (non-hydrogen) atoms. The molecule has 0 aromatic heterocycles. The summed E-state index contributed by atoms with van der Waals surface area (Å²) in [6.07, 6.45) is 20.6. The van der Waals surface area contributed by atoms with Gasteiger partial charge in [-0.3, -0.25) is 0 Å². The highest BCUT2D eigenvalue weighted by Gasteiger charge is 2.35. The van der Waals surface area contributed by atoms with E-state index in [-0.39, 0.29) is 0 Å². The van der Waals surface area contributed by atoms with Crippen LogP contribution < -0.4 is 0 Å². The third kappa shape index (κ3) is 9.58. The van der Waals surface area contributed by atoms with Gasteiger partial charge in [0.25, 0.3) is 0 Å². The Morgan fingerprint density at radius 2 is 1.70 bits per heavy atom. The topological polar surface area (TPSA) is 12.5 Å². The minimum Gasteiger partial charge on any atom is -0.365 e. The summed E-state index contributed by atoms with van der Waals surface area (Å²) in [5.74, 6) is 0.854. The molecule has 2 unspecified atom stereocenters. The molecule has 0 aromatic rings. The second kappa shape index (κ2) is 11.4. The fraction of sp³-hybridized carbons (Fsp3) is 0.895. The molecule has 1 heteroatoms. The molecule has 1 saturated heterocycles. The molecule has 0 aliphatic carbocycles.